The summed E-state index contributed by atoms with van der Waals surface area (Å²) in [5.74, 6) is -2.18. The van der Waals surface area contributed by atoms with E-state index in [-0.39, 0.29) is 5.75 Å². The fourth-order valence-electron chi connectivity index (χ4n) is 1.69. The molecule has 0 unspecified atom stereocenters. The number of benzene rings is 2. The van der Waals surface area contributed by atoms with Crippen molar-refractivity contribution in [2.24, 2.45) is 0 Å². The lowest BCUT2D eigenvalue weighted by molar-refractivity contribution is -0.118. The zero-order valence-electron chi connectivity index (χ0n) is 11.3. The van der Waals surface area contributed by atoms with E-state index in [9.17, 15) is 13.6 Å². The highest BCUT2D eigenvalue weighted by molar-refractivity contribution is 5.93. The first kappa shape index (κ1) is 14.8. The summed E-state index contributed by atoms with van der Waals surface area (Å²) in [6, 6.07) is 7.87. The molecule has 3 N–H and O–H groups in total. The molecule has 0 aliphatic carbocycles. The normalized spacial score (nSPS) is 10.2. The Morgan fingerprint density at radius 2 is 2.00 bits per heavy atom. The van der Waals surface area contributed by atoms with E-state index in [1.165, 1.54) is 0 Å². The Hall–Kier alpha value is -2.63. The standard InChI is InChI=1S/C15H14F2N2O2/c1-9-2-4-11(18)7-13(9)19-15(20)8-21-14-6-10(16)3-5-12(14)17/h2-7H,8,18H2,1H3,(H,19,20). The molecular weight excluding hydrogens is 278 g/mol. The van der Waals surface area contributed by atoms with Crippen LogP contribution in [0.2, 0.25) is 0 Å². The summed E-state index contributed by atoms with van der Waals surface area (Å²) in [5, 5.41) is 2.60. The summed E-state index contributed by atoms with van der Waals surface area (Å²) < 4.78 is 31.2. The van der Waals surface area contributed by atoms with Crippen molar-refractivity contribution in [2.75, 3.05) is 17.7 Å². The molecule has 0 aliphatic rings. The quantitative estimate of drug-likeness (QED) is 0.852. The van der Waals surface area contributed by atoms with Crippen molar-refractivity contribution in [1.82, 2.24) is 0 Å². The molecule has 0 aliphatic heterocycles. The van der Waals surface area contributed by atoms with E-state index < -0.39 is 24.1 Å². The number of carbonyl (C=O) groups excluding carboxylic acids is 1. The zero-order chi connectivity index (χ0) is 15.4. The average molecular weight is 292 g/mol. The van der Waals surface area contributed by atoms with Crippen LogP contribution >= 0.6 is 0 Å². The Kier molecular flexibility index (Phi) is 4.37. The number of nitrogens with two attached hydrogens (primary N) is 1. The van der Waals surface area contributed by atoms with E-state index in [1.54, 1.807) is 18.2 Å². The average Bonchev–Trinajstić information content (AvgIpc) is 2.44. The molecule has 6 heteroatoms. The Balaban J connectivity index is 1.99. The fourth-order valence-corrected chi connectivity index (χ4v) is 1.69. The molecule has 0 radical (unpaired) electrons. The Morgan fingerprint density at radius 1 is 1.24 bits per heavy atom. The molecule has 0 saturated heterocycles. The van der Waals surface area contributed by atoms with Gasteiger partial charge in [-0.25, -0.2) is 8.78 Å². The molecular formula is C15H14F2N2O2. The van der Waals surface area contributed by atoms with Crippen LogP contribution in [0.15, 0.2) is 36.4 Å². The largest absolute Gasteiger partial charge is 0.481 e. The number of halogens is 2. The number of anilines is 2. The summed E-state index contributed by atoms with van der Waals surface area (Å²) >= 11 is 0. The van der Waals surface area contributed by atoms with E-state index in [0.717, 1.165) is 23.8 Å². The molecule has 0 atom stereocenters. The van der Waals surface area contributed by atoms with Gasteiger partial charge in [-0.15, -0.1) is 0 Å². The number of carbonyl (C=O) groups is 1. The minimum atomic E-state index is -0.732. The lowest BCUT2D eigenvalue weighted by atomic mass is 10.2. The van der Waals surface area contributed by atoms with Crippen LogP contribution in [0, 0.1) is 18.6 Å². The Morgan fingerprint density at radius 3 is 2.76 bits per heavy atom. The summed E-state index contributed by atoms with van der Waals surface area (Å²) in [7, 11) is 0. The molecule has 2 aromatic rings. The van der Waals surface area contributed by atoms with Gasteiger partial charge in [-0.3, -0.25) is 4.79 Å². The van der Waals surface area contributed by atoms with Gasteiger partial charge in [0, 0.05) is 17.4 Å². The zero-order valence-corrected chi connectivity index (χ0v) is 11.3. The highest BCUT2D eigenvalue weighted by Crippen LogP contribution is 2.19. The predicted octanol–water partition coefficient (Wildman–Crippen LogP) is 2.87. The molecule has 2 aromatic carbocycles. The minimum Gasteiger partial charge on any atom is -0.481 e. The van der Waals surface area contributed by atoms with Crippen LogP contribution in [0.1, 0.15) is 5.56 Å². The maximum absolute atomic E-state index is 13.3. The molecule has 2 rings (SSSR count). The van der Waals surface area contributed by atoms with Gasteiger partial charge < -0.3 is 15.8 Å². The summed E-state index contributed by atoms with van der Waals surface area (Å²) in [5.41, 5.74) is 7.51. The molecule has 4 nitrogen and oxygen atoms in total. The fraction of sp³-hybridized carbons (Fsp3) is 0.133. The highest BCUT2D eigenvalue weighted by Gasteiger charge is 2.09. The molecule has 0 aromatic heterocycles. The van der Waals surface area contributed by atoms with Crippen LogP contribution in [0.3, 0.4) is 0 Å². The number of amides is 1. The van der Waals surface area contributed by atoms with Crippen LogP contribution < -0.4 is 15.8 Å². The second kappa shape index (κ2) is 6.21. The number of aryl methyl sites for hydroxylation is 1. The molecule has 0 heterocycles. The van der Waals surface area contributed by atoms with Gasteiger partial charge in [0.15, 0.2) is 18.2 Å². The van der Waals surface area contributed by atoms with Gasteiger partial charge in [-0.1, -0.05) is 6.07 Å². The van der Waals surface area contributed by atoms with Gasteiger partial charge in [-0.2, -0.15) is 0 Å². The molecule has 1 amide bonds. The van der Waals surface area contributed by atoms with Gasteiger partial charge in [0.2, 0.25) is 0 Å². The van der Waals surface area contributed by atoms with Crippen molar-refractivity contribution in [1.29, 1.82) is 0 Å². The Labute approximate surface area is 120 Å². The van der Waals surface area contributed by atoms with Crippen LogP contribution in [-0.2, 0) is 4.79 Å². The van der Waals surface area contributed by atoms with Gasteiger partial charge >= 0.3 is 0 Å². The number of hydrogen-bond acceptors (Lipinski definition) is 3. The van der Waals surface area contributed by atoms with Gasteiger partial charge in [0.1, 0.15) is 5.82 Å². The van der Waals surface area contributed by atoms with Gasteiger partial charge in [0.25, 0.3) is 5.91 Å². The van der Waals surface area contributed by atoms with E-state index >= 15 is 0 Å². The Bertz CT molecular complexity index is 675. The summed E-state index contributed by atoms with van der Waals surface area (Å²) in [4.78, 5) is 11.8. The van der Waals surface area contributed by atoms with Gasteiger partial charge in [-0.05, 0) is 36.8 Å². The van der Waals surface area contributed by atoms with Gasteiger partial charge in [0.05, 0.1) is 0 Å². The smallest absolute Gasteiger partial charge is 0.262 e. The monoisotopic (exact) mass is 292 g/mol. The molecule has 0 saturated carbocycles. The first-order valence-corrected chi connectivity index (χ1v) is 6.19. The first-order valence-electron chi connectivity index (χ1n) is 6.19. The van der Waals surface area contributed by atoms with Crippen LogP contribution in [0.25, 0.3) is 0 Å². The number of nitrogen functional groups attached to an aromatic ring is 1. The van der Waals surface area contributed by atoms with Crippen molar-refractivity contribution in [3.8, 4) is 5.75 Å². The van der Waals surface area contributed by atoms with Crippen molar-refractivity contribution < 1.29 is 18.3 Å². The van der Waals surface area contributed by atoms with E-state index in [1.807, 2.05) is 6.92 Å². The van der Waals surface area contributed by atoms with Crippen LogP contribution in [0.5, 0.6) is 5.75 Å². The molecule has 0 bridgehead atoms. The van der Waals surface area contributed by atoms with Crippen LogP contribution in [0.4, 0.5) is 20.2 Å². The lowest BCUT2D eigenvalue weighted by Gasteiger charge is -2.10. The summed E-state index contributed by atoms with van der Waals surface area (Å²) in [6.07, 6.45) is 0. The topological polar surface area (TPSA) is 64.3 Å². The van der Waals surface area contributed by atoms with Crippen molar-refractivity contribution in [3.63, 3.8) is 0 Å². The van der Waals surface area contributed by atoms with Crippen molar-refractivity contribution >= 4 is 17.3 Å². The van der Waals surface area contributed by atoms with E-state index in [0.29, 0.717) is 11.4 Å². The SMILES string of the molecule is Cc1ccc(N)cc1NC(=O)COc1cc(F)ccc1F. The van der Waals surface area contributed by atoms with Crippen molar-refractivity contribution in [3.05, 3.63) is 53.6 Å². The maximum atomic E-state index is 13.3. The third-order valence-electron chi connectivity index (χ3n) is 2.79. The van der Waals surface area contributed by atoms with Crippen LogP contribution in [-0.4, -0.2) is 12.5 Å². The second-order valence-electron chi connectivity index (χ2n) is 4.49. The minimum absolute atomic E-state index is 0.311. The lowest BCUT2D eigenvalue weighted by Crippen LogP contribution is -2.21. The third-order valence-corrected chi connectivity index (χ3v) is 2.79. The second-order valence-corrected chi connectivity index (χ2v) is 4.49. The van der Waals surface area contributed by atoms with E-state index in [2.05, 4.69) is 5.32 Å². The predicted molar refractivity (Wildman–Crippen MR) is 76.1 cm³/mol. The first-order chi connectivity index (χ1) is 9.95. The molecule has 21 heavy (non-hydrogen) atoms. The number of rotatable bonds is 4. The highest BCUT2D eigenvalue weighted by atomic mass is 19.1. The van der Waals surface area contributed by atoms with E-state index in [4.69, 9.17) is 10.5 Å². The number of nitrogens with one attached hydrogen (secondary N) is 1. The molecule has 0 spiro atoms. The number of hydrogen-bond donors (Lipinski definition) is 2. The summed E-state index contributed by atoms with van der Waals surface area (Å²) in [6.45, 7) is 1.37. The molecule has 110 valence electrons. The van der Waals surface area contributed by atoms with Crippen molar-refractivity contribution in [2.45, 2.75) is 6.92 Å². The number of ether oxygens (including phenoxy) is 1. The maximum Gasteiger partial charge on any atom is 0.262 e. The third kappa shape index (κ3) is 3.92. The molecule has 0 fully saturated rings.